The molecule has 1 aromatic carbocycles. The van der Waals surface area contributed by atoms with Gasteiger partial charge in [0.05, 0.1) is 12.1 Å². The van der Waals surface area contributed by atoms with Crippen molar-refractivity contribution in [3.8, 4) is 0 Å². The lowest BCUT2D eigenvalue weighted by atomic mass is 10.1. The Labute approximate surface area is 140 Å². The van der Waals surface area contributed by atoms with Crippen molar-refractivity contribution in [1.82, 2.24) is 14.9 Å². The van der Waals surface area contributed by atoms with Crippen LogP contribution in [0, 0.1) is 0 Å². The Hall–Kier alpha value is -2.63. The second kappa shape index (κ2) is 7.29. The zero-order valence-electron chi connectivity index (χ0n) is 13.4. The van der Waals surface area contributed by atoms with Crippen molar-refractivity contribution in [1.29, 1.82) is 0 Å². The van der Waals surface area contributed by atoms with Crippen LogP contribution in [0.1, 0.15) is 29.9 Å². The highest BCUT2D eigenvalue weighted by Gasteiger charge is 2.21. The summed E-state index contributed by atoms with van der Waals surface area (Å²) in [5.41, 5.74) is 1.58. The van der Waals surface area contributed by atoms with Crippen molar-refractivity contribution in [2.75, 3.05) is 0 Å². The van der Waals surface area contributed by atoms with E-state index in [1.807, 2.05) is 36.5 Å². The Balaban J connectivity index is 1.61. The molecule has 0 fully saturated rings. The van der Waals surface area contributed by atoms with Crippen LogP contribution in [0.15, 0.2) is 36.5 Å². The van der Waals surface area contributed by atoms with Gasteiger partial charge in [-0.15, -0.1) is 0 Å². The van der Waals surface area contributed by atoms with Crippen molar-refractivity contribution in [3.05, 3.63) is 53.6 Å². The van der Waals surface area contributed by atoms with Crippen LogP contribution in [0.2, 0.25) is 0 Å². The summed E-state index contributed by atoms with van der Waals surface area (Å²) < 4.78 is 2.09. The monoisotopic (exact) mass is 327 g/mol. The lowest BCUT2D eigenvalue weighted by Gasteiger charge is -2.14. The summed E-state index contributed by atoms with van der Waals surface area (Å²) in [5, 5.41) is 12.0. The van der Waals surface area contributed by atoms with Gasteiger partial charge in [-0.1, -0.05) is 30.3 Å². The van der Waals surface area contributed by atoms with E-state index in [-0.39, 0.29) is 18.7 Å². The van der Waals surface area contributed by atoms with Crippen molar-refractivity contribution >= 4 is 11.9 Å². The predicted octanol–water partition coefficient (Wildman–Crippen LogP) is 1.57. The molecule has 0 spiro atoms. The molecule has 1 aromatic heterocycles. The van der Waals surface area contributed by atoms with Gasteiger partial charge in [0.15, 0.2) is 0 Å². The molecule has 0 saturated heterocycles. The second-order valence-electron chi connectivity index (χ2n) is 6.12. The number of nitrogens with zero attached hydrogens (tertiary/aromatic N) is 2. The number of nitrogens with one attached hydrogen (secondary N) is 1. The molecule has 2 aromatic rings. The minimum atomic E-state index is -1.03. The summed E-state index contributed by atoms with van der Waals surface area (Å²) in [4.78, 5) is 28.1. The number of carbonyl (C=O) groups is 2. The van der Waals surface area contributed by atoms with E-state index in [4.69, 9.17) is 0 Å². The molecule has 1 aliphatic rings. The average Bonchev–Trinajstić information content (AvgIpc) is 2.97. The van der Waals surface area contributed by atoms with Crippen molar-refractivity contribution < 1.29 is 14.7 Å². The van der Waals surface area contributed by atoms with Crippen LogP contribution in [0.3, 0.4) is 0 Å². The Morgan fingerprint density at radius 3 is 2.75 bits per heavy atom. The lowest BCUT2D eigenvalue weighted by molar-refractivity contribution is -0.141. The minimum absolute atomic E-state index is 0.110. The van der Waals surface area contributed by atoms with Gasteiger partial charge < -0.3 is 15.0 Å². The maximum absolute atomic E-state index is 12.2. The molecule has 6 nitrogen and oxygen atoms in total. The highest BCUT2D eigenvalue weighted by molar-refractivity contribution is 5.84. The second-order valence-corrected chi connectivity index (χ2v) is 6.12. The van der Waals surface area contributed by atoms with E-state index < -0.39 is 12.0 Å². The molecule has 1 amide bonds. The van der Waals surface area contributed by atoms with Crippen LogP contribution < -0.4 is 5.32 Å². The van der Waals surface area contributed by atoms with Gasteiger partial charge in [-0.25, -0.2) is 9.78 Å². The summed E-state index contributed by atoms with van der Waals surface area (Å²) in [6.07, 6.45) is 5.47. The Bertz CT molecular complexity index is 701. The Kier molecular flexibility index (Phi) is 4.93. The normalized spacial score (nSPS) is 14.7. The van der Waals surface area contributed by atoms with Crippen molar-refractivity contribution in [3.63, 3.8) is 0 Å². The molecule has 126 valence electrons. The number of hydrogen-bond acceptors (Lipinski definition) is 3. The molecule has 0 saturated carbocycles. The summed E-state index contributed by atoms with van der Waals surface area (Å²) in [5.74, 6) is -0.326. The van der Waals surface area contributed by atoms with Crippen LogP contribution in [0.4, 0.5) is 0 Å². The molecule has 3 rings (SSSR count). The maximum atomic E-state index is 12.2. The fourth-order valence-corrected chi connectivity index (χ4v) is 3.02. The topological polar surface area (TPSA) is 84.2 Å². The molecular formula is C18H21N3O3. The van der Waals surface area contributed by atoms with Crippen molar-refractivity contribution in [2.45, 2.75) is 44.7 Å². The van der Waals surface area contributed by atoms with Gasteiger partial charge in [0, 0.05) is 25.6 Å². The third-order valence-electron chi connectivity index (χ3n) is 4.22. The van der Waals surface area contributed by atoms with E-state index in [1.54, 1.807) is 0 Å². The molecule has 2 heterocycles. The summed E-state index contributed by atoms with van der Waals surface area (Å²) >= 11 is 0. The zero-order chi connectivity index (χ0) is 16.9. The largest absolute Gasteiger partial charge is 0.480 e. The smallest absolute Gasteiger partial charge is 0.326 e. The van der Waals surface area contributed by atoms with E-state index in [0.29, 0.717) is 5.69 Å². The van der Waals surface area contributed by atoms with Gasteiger partial charge in [-0.3, -0.25) is 4.79 Å². The van der Waals surface area contributed by atoms with E-state index in [1.165, 1.54) is 0 Å². The average molecular weight is 327 g/mol. The number of aliphatic carboxylic acids is 1. The fourth-order valence-electron chi connectivity index (χ4n) is 3.02. The molecule has 0 radical (unpaired) electrons. The number of aryl methyl sites for hydroxylation is 2. The number of carbonyl (C=O) groups excluding carboxylic acids is 1. The van der Waals surface area contributed by atoms with E-state index in [0.717, 1.165) is 37.2 Å². The first-order chi connectivity index (χ1) is 11.6. The first-order valence-electron chi connectivity index (χ1n) is 8.23. The third kappa shape index (κ3) is 4.01. The molecule has 2 N–H and O–H groups in total. The van der Waals surface area contributed by atoms with E-state index >= 15 is 0 Å². The van der Waals surface area contributed by atoms with Crippen LogP contribution in [0.5, 0.6) is 0 Å². The number of rotatable bonds is 6. The van der Waals surface area contributed by atoms with Gasteiger partial charge in [-0.05, 0) is 18.4 Å². The van der Waals surface area contributed by atoms with Gasteiger partial charge >= 0.3 is 5.97 Å². The zero-order valence-corrected chi connectivity index (χ0v) is 13.4. The summed E-state index contributed by atoms with van der Waals surface area (Å²) in [6, 6.07) is 8.35. The van der Waals surface area contributed by atoms with Gasteiger partial charge in [0.1, 0.15) is 11.9 Å². The molecular weight excluding hydrogens is 306 g/mol. The number of amides is 1. The molecule has 0 unspecified atom stereocenters. The number of aromatic nitrogens is 2. The molecule has 6 heteroatoms. The number of carboxylic acid groups (broad SMARTS) is 1. The van der Waals surface area contributed by atoms with E-state index in [2.05, 4.69) is 14.9 Å². The Morgan fingerprint density at radius 1 is 1.25 bits per heavy atom. The fraction of sp³-hybridized carbons (Fsp3) is 0.389. The summed E-state index contributed by atoms with van der Waals surface area (Å²) in [7, 11) is 0. The Morgan fingerprint density at radius 2 is 2.04 bits per heavy atom. The number of hydrogen-bond donors (Lipinski definition) is 2. The molecule has 1 aliphatic heterocycles. The van der Waals surface area contributed by atoms with Crippen LogP contribution >= 0.6 is 0 Å². The number of benzene rings is 1. The third-order valence-corrected chi connectivity index (χ3v) is 4.22. The van der Waals surface area contributed by atoms with Crippen LogP contribution in [0.25, 0.3) is 0 Å². The van der Waals surface area contributed by atoms with Gasteiger partial charge in [0.25, 0.3) is 0 Å². The molecule has 0 aliphatic carbocycles. The van der Waals surface area contributed by atoms with Crippen LogP contribution in [-0.4, -0.2) is 32.6 Å². The molecule has 1 atom stereocenters. The highest BCUT2D eigenvalue weighted by Crippen LogP contribution is 2.15. The van der Waals surface area contributed by atoms with E-state index in [9.17, 15) is 14.7 Å². The predicted molar refractivity (Wildman–Crippen MR) is 88.6 cm³/mol. The number of carboxylic acids is 1. The number of imidazole rings is 1. The number of fused-ring (bicyclic) bond motifs is 1. The maximum Gasteiger partial charge on any atom is 0.326 e. The first-order valence-corrected chi connectivity index (χ1v) is 8.23. The van der Waals surface area contributed by atoms with Gasteiger partial charge in [0.2, 0.25) is 5.91 Å². The lowest BCUT2D eigenvalue weighted by Crippen LogP contribution is -2.43. The quantitative estimate of drug-likeness (QED) is 0.843. The summed E-state index contributed by atoms with van der Waals surface area (Å²) in [6.45, 7) is 0.940. The van der Waals surface area contributed by atoms with Gasteiger partial charge in [-0.2, -0.15) is 0 Å². The minimum Gasteiger partial charge on any atom is -0.480 e. The SMILES string of the molecule is O=C(Cc1cn2c(n1)CCCC2)N[C@H](Cc1ccccc1)C(=O)O. The highest BCUT2D eigenvalue weighted by atomic mass is 16.4. The van der Waals surface area contributed by atoms with Crippen molar-refractivity contribution in [2.24, 2.45) is 0 Å². The molecule has 0 bridgehead atoms. The standard InChI is InChI=1S/C18H21N3O3/c22-17(11-14-12-21-9-5-4-8-16(21)19-14)20-15(18(23)24)10-13-6-2-1-3-7-13/h1-3,6-7,12,15H,4-5,8-11H2,(H,20,22)(H,23,24)/t15-/m1/s1. The first kappa shape index (κ1) is 16.2. The molecule has 24 heavy (non-hydrogen) atoms. The van der Waals surface area contributed by atoms with Crippen LogP contribution in [-0.2, 0) is 35.4 Å².